The summed E-state index contributed by atoms with van der Waals surface area (Å²) in [5.41, 5.74) is 0.707. The summed E-state index contributed by atoms with van der Waals surface area (Å²) < 4.78 is 1.84. The van der Waals surface area contributed by atoms with Gasteiger partial charge in [-0.1, -0.05) is 0 Å². The van der Waals surface area contributed by atoms with E-state index in [1.165, 1.54) is 23.6 Å². The Bertz CT molecular complexity index is 1850. The molecule has 2 rings (SSSR count). The molecule has 4 atom stereocenters. The number of anilines is 2. The van der Waals surface area contributed by atoms with Gasteiger partial charge in [-0.25, -0.2) is 0 Å². The third-order valence-corrected chi connectivity index (χ3v) is 14.6. The maximum Gasteiger partial charge on any atom is 0.253 e. The number of hydrogen-bond donors (Lipinski definition) is 14. The van der Waals surface area contributed by atoms with E-state index in [0.717, 1.165) is 0 Å². The molecule has 0 bridgehead atoms. The standard InChI is InChI=1S/2C18H24I3N3O8/c2*1-8(28)24(5-10(30)7-27)16-14(20)11(17(31)22-2-3-25)13(19)12(15(16)21)18(32)23-4-9(29)6-26/h2*9-10,25-27,29-30H,2-7H2,1H3,(H,22,31)(H,23,32). The second kappa shape index (κ2) is 30.7. The summed E-state index contributed by atoms with van der Waals surface area (Å²) in [7, 11) is 0. The number of rotatable bonds is 22. The Hall–Kier alpha value is -0.760. The normalized spacial score (nSPS) is 12.8. The Balaban J connectivity index is 0.000000640. The van der Waals surface area contributed by atoms with Crippen LogP contribution in [0.2, 0.25) is 0 Å². The number of halogens is 6. The van der Waals surface area contributed by atoms with Gasteiger partial charge in [-0.05, 0) is 136 Å². The van der Waals surface area contributed by atoms with Crippen molar-refractivity contribution in [1.82, 2.24) is 21.3 Å². The first kappa shape index (κ1) is 61.3. The summed E-state index contributed by atoms with van der Waals surface area (Å²) in [6.07, 6.45) is -4.88. The minimum Gasteiger partial charge on any atom is -0.395 e. The van der Waals surface area contributed by atoms with Gasteiger partial charge in [0.15, 0.2) is 0 Å². The molecule has 4 unspecified atom stereocenters. The van der Waals surface area contributed by atoms with E-state index in [1.54, 1.807) is 0 Å². The molecule has 22 nitrogen and oxygen atoms in total. The largest absolute Gasteiger partial charge is 0.395 e. The van der Waals surface area contributed by atoms with Crippen LogP contribution in [0, 0.1) is 21.4 Å². The molecular weight excluding hydrogens is 1530 g/mol. The molecule has 2 aromatic carbocycles. The fraction of sp³-hybridized carbons (Fsp3) is 0.500. The maximum absolute atomic E-state index is 12.9. The molecule has 28 heteroatoms. The Kier molecular flexibility index (Phi) is 29.4. The van der Waals surface area contributed by atoms with Crippen molar-refractivity contribution in [2.45, 2.75) is 38.3 Å². The molecule has 0 saturated heterocycles. The van der Waals surface area contributed by atoms with Crippen molar-refractivity contribution in [2.24, 2.45) is 0 Å². The maximum atomic E-state index is 12.9. The predicted molar refractivity (Wildman–Crippen MR) is 281 cm³/mol. The number of amides is 6. The van der Waals surface area contributed by atoms with Crippen LogP contribution in [0.3, 0.4) is 0 Å². The van der Waals surface area contributed by atoms with Crippen molar-refractivity contribution in [2.75, 3.05) is 88.7 Å². The average molecular weight is 1580 g/mol. The second-order valence-corrected chi connectivity index (χ2v) is 19.5. The van der Waals surface area contributed by atoms with Crippen molar-refractivity contribution in [1.29, 1.82) is 0 Å². The van der Waals surface area contributed by atoms with Gasteiger partial charge in [-0.2, -0.15) is 0 Å². The van der Waals surface area contributed by atoms with Crippen LogP contribution in [0.5, 0.6) is 0 Å². The number of hydrogen-bond acceptors (Lipinski definition) is 16. The Morgan fingerprint density at radius 2 is 0.688 bits per heavy atom. The number of aliphatic hydroxyl groups is 10. The molecule has 6 amide bonds. The van der Waals surface area contributed by atoms with E-state index in [0.29, 0.717) is 14.3 Å². The van der Waals surface area contributed by atoms with Gasteiger partial charge >= 0.3 is 0 Å². The smallest absolute Gasteiger partial charge is 0.253 e. The number of carbonyl (C=O) groups excluding carboxylic acids is 6. The topological polar surface area (TPSA) is 359 Å². The van der Waals surface area contributed by atoms with E-state index in [2.05, 4.69) is 21.3 Å². The van der Waals surface area contributed by atoms with Crippen molar-refractivity contribution in [3.8, 4) is 0 Å². The van der Waals surface area contributed by atoms with Gasteiger partial charge in [0.1, 0.15) is 0 Å². The average Bonchev–Trinajstić information content (AvgIpc) is 3.24. The van der Waals surface area contributed by atoms with E-state index in [-0.39, 0.29) is 93.3 Å². The van der Waals surface area contributed by atoms with Gasteiger partial charge in [0.05, 0.1) is 125 Å². The highest BCUT2D eigenvalue weighted by atomic mass is 127. The van der Waals surface area contributed by atoms with Gasteiger partial charge in [-0.3, -0.25) is 28.8 Å². The molecule has 0 saturated carbocycles. The third-order valence-electron chi connectivity index (χ3n) is 8.22. The van der Waals surface area contributed by atoms with Crippen LogP contribution in [-0.2, 0) is 9.59 Å². The lowest BCUT2D eigenvalue weighted by molar-refractivity contribution is -0.117. The van der Waals surface area contributed by atoms with Crippen LogP contribution in [0.15, 0.2) is 0 Å². The molecule has 0 radical (unpaired) electrons. The van der Waals surface area contributed by atoms with Gasteiger partial charge in [-0.15, -0.1) is 0 Å². The van der Waals surface area contributed by atoms with Crippen LogP contribution in [0.1, 0.15) is 55.3 Å². The Labute approximate surface area is 448 Å². The summed E-state index contributed by atoms with van der Waals surface area (Å²) in [6.45, 7) is -1.52. The molecule has 0 heterocycles. The quantitative estimate of drug-likeness (QED) is 0.0569. The molecule has 360 valence electrons. The van der Waals surface area contributed by atoms with Crippen molar-refractivity contribution in [3.63, 3.8) is 0 Å². The van der Waals surface area contributed by atoms with Crippen molar-refractivity contribution < 1.29 is 79.8 Å². The number of benzene rings is 2. The molecule has 14 N–H and O–H groups in total. The molecule has 64 heavy (non-hydrogen) atoms. The zero-order valence-electron chi connectivity index (χ0n) is 33.9. The van der Waals surface area contributed by atoms with Crippen molar-refractivity contribution >= 4 is 182 Å². The SMILES string of the molecule is CC(=O)N(CC(O)CO)c1c(I)c(C(=O)NCCO)c(I)c(C(=O)NCC(O)CO)c1I.CC(=O)N(CC(O)CO)c1c(I)c(C(=O)NCCO)c(I)c(C(=O)NCC(O)CO)c1I. The van der Waals surface area contributed by atoms with E-state index in [9.17, 15) is 59.4 Å². The molecule has 0 fully saturated rings. The van der Waals surface area contributed by atoms with Gasteiger partial charge in [0, 0.05) is 47.2 Å². The fourth-order valence-electron chi connectivity index (χ4n) is 5.11. The highest BCUT2D eigenvalue weighted by Gasteiger charge is 2.34. The van der Waals surface area contributed by atoms with E-state index in [1.807, 2.05) is 136 Å². The highest BCUT2D eigenvalue weighted by molar-refractivity contribution is 14.1. The van der Waals surface area contributed by atoms with Crippen LogP contribution in [0.4, 0.5) is 11.4 Å². The molecule has 0 aliphatic heterocycles. The number of nitrogens with zero attached hydrogens (tertiary/aromatic N) is 2. The lowest BCUT2D eigenvalue weighted by atomic mass is 10.1. The number of nitrogens with one attached hydrogen (secondary N) is 4. The lowest BCUT2D eigenvalue weighted by Gasteiger charge is -2.28. The number of carbonyl (C=O) groups is 6. The third kappa shape index (κ3) is 17.3. The number of aliphatic hydroxyl groups excluding tert-OH is 10. The van der Waals surface area contributed by atoms with Gasteiger partial charge in [0.2, 0.25) is 11.8 Å². The van der Waals surface area contributed by atoms with Gasteiger partial charge < -0.3 is 82.1 Å². The van der Waals surface area contributed by atoms with Crippen LogP contribution >= 0.6 is 136 Å². The summed E-state index contributed by atoms with van der Waals surface area (Å²) in [6, 6.07) is 0. The first-order valence-corrected chi connectivity index (χ1v) is 25.0. The Morgan fingerprint density at radius 3 is 0.906 bits per heavy atom. The molecule has 2 aromatic rings. The van der Waals surface area contributed by atoms with Crippen LogP contribution in [-0.4, -0.2) is 190 Å². The Morgan fingerprint density at radius 1 is 0.438 bits per heavy atom. The summed E-state index contributed by atoms with van der Waals surface area (Å²) in [5.74, 6) is -3.43. The summed E-state index contributed by atoms with van der Waals surface area (Å²) in [5, 5.41) is 104. The van der Waals surface area contributed by atoms with E-state index < -0.39 is 86.3 Å². The minimum absolute atomic E-state index is 0.0316. The highest BCUT2D eigenvalue weighted by Crippen LogP contribution is 2.40. The monoisotopic (exact) mass is 1580 g/mol. The predicted octanol–water partition coefficient (Wildman–Crippen LogP) is -1.98. The zero-order chi connectivity index (χ0) is 49.2. The molecular formula is C36H48I6N6O16. The summed E-state index contributed by atoms with van der Waals surface area (Å²) in [4.78, 5) is 78.7. The van der Waals surface area contributed by atoms with Crippen molar-refractivity contribution in [3.05, 3.63) is 43.7 Å². The molecule has 0 aromatic heterocycles. The molecule has 0 spiro atoms. The fourth-order valence-corrected chi connectivity index (χ4v) is 14.6. The lowest BCUT2D eigenvalue weighted by Crippen LogP contribution is -2.40. The van der Waals surface area contributed by atoms with Crippen LogP contribution in [0.25, 0.3) is 0 Å². The van der Waals surface area contributed by atoms with Crippen LogP contribution < -0.4 is 31.1 Å². The molecule has 0 aliphatic rings. The molecule has 0 aliphatic carbocycles. The first-order valence-electron chi connectivity index (χ1n) is 18.5. The van der Waals surface area contributed by atoms with E-state index >= 15 is 0 Å². The summed E-state index contributed by atoms with van der Waals surface area (Å²) >= 11 is 11.1. The zero-order valence-corrected chi connectivity index (χ0v) is 46.8. The van der Waals surface area contributed by atoms with E-state index in [4.69, 9.17) is 20.4 Å². The minimum atomic E-state index is -1.26. The van der Waals surface area contributed by atoms with Gasteiger partial charge in [0.25, 0.3) is 23.6 Å². The second-order valence-electron chi connectivity index (χ2n) is 13.1. The first-order chi connectivity index (χ1) is 30.0.